The summed E-state index contributed by atoms with van der Waals surface area (Å²) < 4.78 is 4.96. The van der Waals surface area contributed by atoms with Crippen molar-refractivity contribution in [2.75, 3.05) is 0 Å². The number of benzene rings is 1. The van der Waals surface area contributed by atoms with E-state index in [-0.39, 0.29) is 5.76 Å². The first-order valence-corrected chi connectivity index (χ1v) is 6.86. The average Bonchev–Trinajstić information content (AvgIpc) is 2.94. The minimum Gasteiger partial charge on any atom is -0.351 e. The molecule has 0 fully saturated rings. The predicted octanol–water partition coefficient (Wildman–Crippen LogP) is 2.16. The Morgan fingerprint density at radius 2 is 2.19 bits per heavy atom. The second-order valence-corrected chi connectivity index (χ2v) is 5.43. The standard InChI is InChI=1S/C16H15N3O2/c1-11-8-14(21-19-11)15(20)18-16(10-17)7-6-12-4-2-3-5-13(12)9-16/h2-5,8H,6-7,9H2,1H3,(H,18,20)/t16-/m0/s1. The summed E-state index contributed by atoms with van der Waals surface area (Å²) in [4.78, 5) is 12.2. The van der Waals surface area contributed by atoms with Crippen molar-refractivity contribution < 1.29 is 9.32 Å². The van der Waals surface area contributed by atoms with Gasteiger partial charge in [0.1, 0.15) is 5.54 Å². The van der Waals surface area contributed by atoms with Crippen molar-refractivity contribution in [2.45, 2.75) is 31.7 Å². The van der Waals surface area contributed by atoms with Crippen molar-refractivity contribution in [1.29, 1.82) is 5.26 Å². The molecule has 21 heavy (non-hydrogen) atoms. The van der Waals surface area contributed by atoms with Gasteiger partial charge in [-0.3, -0.25) is 4.79 Å². The fourth-order valence-electron chi connectivity index (χ4n) is 2.72. The first kappa shape index (κ1) is 13.4. The van der Waals surface area contributed by atoms with Gasteiger partial charge in [-0.2, -0.15) is 5.26 Å². The largest absolute Gasteiger partial charge is 0.351 e. The van der Waals surface area contributed by atoms with Crippen LogP contribution in [0.3, 0.4) is 0 Å². The lowest BCUT2D eigenvalue weighted by molar-refractivity contribution is 0.0875. The maximum atomic E-state index is 12.2. The van der Waals surface area contributed by atoms with Gasteiger partial charge in [0.25, 0.3) is 5.91 Å². The quantitative estimate of drug-likeness (QED) is 0.915. The molecule has 1 aliphatic carbocycles. The summed E-state index contributed by atoms with van der Waals surface area (Å²) in [6.45, 7) is 1.75. The third-order valence-corrected chi connectivity index (χ3v) is 3.85. The van der Waals surface area contributed by atoms with Gasteiger partial charge in [-0.15, -0.1) is 0 Å². The molecule has 0 unspecified atom stereocenters. The number of hydrogen-bond acceptors (Lipinski definition) is 4. The third kappa shape index (κ3) is 2.52. The van der Waals surface area contributed by atoms with Crippen LogP contribution < -0.4 is 5.32 Å². The Hall–Kier alpha value is -2.61. The fraction of sp³-hybridized carbons (Fsp3) is 0.312. The van der Waals surface area contributed by atoms with E-state index in [2.05, 4.69) is 22.6 Å². The lowest BCUT2D eigenvalue weighted by Gasteiger charge is -2.32. The molecule has 0 spiro atoms. The number of carbonyl (C=O) groups excluding carboxylic acids is 1. The van der Waals surface area contributed by atoms with E-state index in [1.165, 1.54) is 5.56 Å². The zero-order valence-electron chi connectivity index (χ0n) is 11.7. The highest BCUT2D eigenvalue weighted by Crippen LogP contribution is 2.28. The highest BCUT2D eigenvalue weighted by molar-refractivity contribution is 5.92. The smallest absolute Gasteiger partial charge is 0.291 e. The number of nitriles is 1. The molecule has 0 aliphatic heterocycles. The Labute approximate surface area is 122 Å². The van der Waals surface area contributed by atoms with Crippen molar-refractivity contribution in [3.05, 3.63) is 52.9 Å². The number of amides is 1. The topological polar surface area (TPSA) is 78.9 Å². The summed E-state index contributed by atoms with van der Waals surface area (Å²) in [5.41, 5.74) is 2.11. The molecule has 5 heteroatoms. The Morgan fingerprint density at radius 3 is 2.86 bits per heavy atom. The molecule has 5 nitrogen and oxygen atoms in total. The monoisotopic (exact) mass is 281 g/mol. The molecule has 1 atom stereocenters. The van der Waals surface area contributed by atoms with Crippen molar-refractivity contribution in [3.63, 3.8) is 0 Å². The Balaban J connectivity index is 1.83. The molecule has 0 saturated heterocycles. The molecular weight excluding hydrogens is 266 g/mol. The van der Waals surface area contributed by atoms with Gasteiger partial charge in [0.05, 0.1) is 11.8 Å². The maximum Gasteiger partial charge on any atom is 0.291 e. The molecule has 1 aliphatic rings. The van der Waals surface area contributed by atoms with Crippen molar-refractivity contribution in [1.82, 2.24) is 10.5 Å². The summed E-state index contributed by atoms with van der Waals surface area (Å²) in [6.07, 6.45) is 1.89. The number of rotatable bonds is 2. The molecular formula is C16H15N3O2. The fourth-order valence-corrected chi connectivity index (χ4v) is 2.72. The van der Waals surface area contributed by atoms with E-state index in [0.717, 1.165) is 12.0 Å². The van der Waals surface area contributed by atoms with E-state index in [9.17, 15) is 10.1 Å². The number of hydrogen-bond donors (Lipinski definition) is 1. The Morgan fingerprint density at radius 1 is 1.43 bits per heavy atom. The van der Waals surface area contributed by atoms with Gasteiger partial charge in [-0.25, -0.2) is 0 Å². The van der Waals surface area contributed by atoms with Gasteiger partial charge in [0, 0.05) is 12.5 Å². The van der Waals surface area contributed by atoms with E-state index < -0.39 is 11.4 Å². The van der Waals surface area contributed by atoms with Crippen LogP contribution in [0.4, 0.5) is 0 Å². The maximum absolute atomic E-state index is 12.2. The highest BCUT2D eigenvalue weighted by atomic mass is 16.5. The molecule has 106 valence electrons. The Bertz CT molecular complexity index is 729. The zero-order chi connectivity index (χ0) is 14.9. The highest BCUT2D eigenvalue weighted by Gasteiger charge is 2.36. The summed E-state index contributed by atoms with van der Waals surface area (Å²) in [5, 5.41) is 16.1. The predicted molar refractivity (Wildman–Crippen MR) is 75.5 cm³/mol. The first-order chi connectivity index (χ1) is 10.1. The zero-order valence-corrected chi connectivity index (χ0v) is 11.7. The van der Waals surface area contributed by atoms with Gasteiger partial charge in [0.15, 0.2) is 0 Å². The molecule has 1 heterocycles. The van der Waals surface area contributed by atoms with Gasteiger partial charge in [-0.05, 0) is 30.9 Å². The van der Waals surface area contributed by atoms with Crippen LogP contribution in [-0.4, -0.2) is 16.6 Å². The Kier molecular flexibility index (Phi) is 3.22. The summed E-state index contributed by atoms with van der Waals surface area (Å²) >= 11 is 0. The summed E-state index contributed by atoms with van der Waals surface area (Å²) in [5.74, 6) is -0.252. The van der Waals surface area contributed by atoms with Crippen molar-refractivity contribution >= 4 is 5.91 Å². The van der Waals surface area contributed by atoms with Gasteiger partial charge >= 0.3 is 0 Å². The molecule has 0 bridgehead atoms. The molecule has 0 radical (unpaired) electrons. The van der Waals surface area contributed by atoms with Crippen LogP contribution in [0.25, 0.3) is 0 Å². The first-order valence-electron chi connectivity index (χ1n) is 6.86. The number of nitrogens with zero attached hydrogens (tertiary/aromatic N) is 2. The molecule has 1 aromatic heterocycles. The van der Waals surface area contributed by atoms with Crippen LogP contribution in [0.2, 0.25) is 0 Å². The normalized spacial score (nSPS) is 20.4. The van der Waals surface area contributed by atoms with E-state index >= 15 is 0 Å². The number of nitrogens with one attached hydrogen (secondary N) is 1. The van der Waals surface area contributed by atoms with E-state index in [1.807, 2.05) is 18.2 Å². The van der Waals surface area contributed by atoms with E-state index in [0.29, 0.717) is 18.5 Å². The lowest BCUT2D eigenvalue weighted by Crippen LogP contribution is -2.51. The molecule has 1 aromatic carbocycles. The second-order valence-electron chi connectivity index (χ2n) is 5.43. The van der Waals surface area contributed by atoms with Crippen molar-refractivity contribution in [2.24, 2.45) is 0 Å². The second kappa shape index (κ2) is 5.06. The van der Waals surface area contributed by atoms with Crippen LogP contribution in [-0.2, 0) is 12.8 Å². The van der Waals surface area contributed by atoms with E-state index in [1.54, 1.807) is 13.0 Å². The van der Waals surface area contributed by atoms with Crippen LogP contribution in [0.1, 0.15) is 33.8 Å². The third-order valence-electron chi connectivity index (χ3n) is 3.85. The minimum atomic E-state index is -0.883. The van der Waals surface area contributed by atoms with Gasteiger partial charge in [-0.1, -0.05) is 29.4 Å². The number of aromatic nitrogens is 1. The van der Waals surface area contributed by atoms with Crippen LogP contribution in [0, 0.1) is 18.3 Å². The van der Waals surface area contributed by atoms with E-state index in [4.69, 9.17) is 4.52 Å². The molecule has 3 rings (SSSR count). The minimum absolute atomic E-state index is 0.140. The van der Waals surface area contributed by atoms with Crippen LogP contribution >= 0.6 is 0 Å². The van der Waals surface area contributed by atoms with Gasteiger partial charge < -0.3 is 9.84 Å². The van der Waals surface area contributed by atoms with Crippen LogP contribution in [0.15, 0.2) is 34.9 Å². The average molecular weight is 281 g/mol. The summed E-state index contributed by atoms with van der Waals surface area (Å²) in [7, 11) is 0. The molecule has 2 aromatic rings. The molecule has 0 saturated carbocycles. The van der Waals surface area contributed by atoms with Crippen LogP contribution in [0.5, 0.6) is 0 Å². The van der Waals surface area contributed by atoms with Crippen molar-refractivity contribution in [3.8, 4) is 6.07 Å². The number of aryl methyl sites for hydroxylation is 2. The number of carbonyl (C=O) groups is 1. The molecule has 1 N–H and O–H groups in total. The molecule has 1 amide bonds. The number of fused-ring (bicyclic) bond motifs is 1. The van der Waals surface area contributed by atoms with Gasteiger partial charge in [0.2, 0.25) is 5.76 Å². The SMILES string of the molecule is Cc1cc(C(=O)N[C@@]2(C#N)CCc3ccccc3C2)on1. The summed E-state index contributed by atoms with van der Waals surface area (Å²) in [6, 6.07) is 11.9. The lowest BCUT2D eigenvalue weighted by atomic mass is 9.79.